The second-order valence-electron chi connectivity index (χ2n) is 9.56. The molecule has 0 spiro atoms. The molecule has 2 aromatic carbocycles. The predicted molar refractivity (Wildman–Crippen MR) is 129 cm³/mol. The van der Waals surface area contributed by atoms with Crippen LogP contribution in [0.5, 0.6) is 0 Å². The van der Waals surface area contributed by atoms with Crippen LogP contribution in [0.1, 0.15) is 59.3 Å². The summed E-state index contributed by atoms with van der Waals surface area (Å²) in [6, 6.07) is 21.6. The first-order valence-electron chi connectivity index (χ1n) is 11.4. The maximum atomic E-state index is 12.6. The van der Waals surface area contributed by atoms with Gasteiger partial charge in [-0.15, -0.1) is 0 Å². The lowest BCUT2D eigenvalue weighted by molar-refractivity contribution is 0.129. The van der Waals surface area contributed by atoms with Crippen molar-refractivity contribution in [3.63, 3.8) is 0 Å². The lowest BCUT2D eigenvalue weighted by atomic mass is 9.86. The van der Waals surface area contributed by atoms with Gasteiger partial charge in [0.2, 0.25) is 0 Å². The highest BCUT2D eigenvalue weighted by Gasteiger charge is 2.52. The molecule has 1 aliphatic carbocycles. The molecular formula is C27H38OSi. The van der Waals surface area contributed by atoms with Crippen molar-refractivity contribution in [2.45, 2.75) is 71.1 Å². The van der Waals surface area contributed by atoms with Crippen molar-refractivity contribution >= 4 is 18.4 Å². The fraction of sp³-hybridized carbons (Fsp3) is 0.481. The first kappa shape index (κ1) is 22.1. The molecule has 2 heteroatoms. The van der Waals surface area contributed by atoms with E-state index in [-0.39, 0.29) is 0 Å². The molecule has 0 aliphatic heterocycles. The van der Waals surface area contributed by atoms with Gasteiger partial charge in [0, 0.05) is 0 Å². The summed E-state index contributed by atoms with van der Waals surface area (Å²) in [5, 5.41) is 14.4. The van der Waals surface area contributed by atoms with Crippen LogP contribution in [0.15, 0.2) is 72.3 Å². The van der Waals surface area contributed by atoms with Crippen LogP contribution >= 0.6 is 0 Å². The molecule has 0 aromatic heterocycles. The van der Waals surface area contributed by atoms with Gasteiger partial charge in [-0.1, -0.05) is 117 Å². The lowest BCUT2D eigenvalue weighted by Gasteiger charge is -2.47. The van der Waals surface area contributed by atoms with E-state index in [9.17, 15) is 5.11 Å². The van der Waals surface area contributed by atoms with E-state index in [1.807, 2.05) is 0 Å². The minimum Gasteiger partial charge on any atom is -0.388 e. The Kier molecular flexibility index (Phi) is 7.18. The fourth-order valence-electron chi connectivity index (χ4n) is 5.33. The summed E-state index contributed by atoms with van der Waals surface area (Å²) in [6.45, 7) is 9.06. The molecule has 156 valence electrons. The first-order valence-corrected chi connectivity index (χ1v) is 13.9. The summed E-state index contributed by atoms with van der Waals surface area (Å²) in [4.78, 5) is 0. The van der Waals surface area contributed by atoms with Crippen LogP contribution in [-0.2, 0) is 0 Å². The molecular weight excluding hydrogens is 368 g/mol. The fourth-order valence-corrected chi connectivity index (χ4v) is 10.0. The molecule has 0 saturated heterocycles. The van der Waals surface area contributed by atoms with Crippen molar-refractivity contribution in [1.29, 1.82) is 0 Å². The Bertz CT molecular complexity index is 750. The Morgan fingerprint density at radius 1 is 0.966 bits per heavy atom. The molecule has 1 fully saturated rings. The van der Waals surface area contributed by atoms with E-state index in [2.05, 4.69) is 94.1 Å². The predicted octanol–water partition coefficient (Wildman–Crippen LogP) is 5.72. The molecule has 1 saturated carbocycles. The minimum absolute atomic E-state index is 0.425. The summed E-state index contributed by atoms with van der Waals surface area (Å²) in [5.41, 5.74) is 1.19. The number of allylic oxidation sites excluding steroid dienone is 1. The highest BCUT2D eigenvalue weighted by atomic mass is 28.3. The third-order valence-corrected chi connectivity index (χ3v) is 12.2. The van der Waals surface area contributed by atoms with Gasteiger partial charge in [0.1, 0.15) is 0 Å². The van der Waals surface area contributed by atoms with Gasteiger partial charge < -0.3 is 5.11 Å². The molecule has 2 aromatic rings. The van der Waals surface area contributed by atoms with Crippen LogP contribution in [0, 0.1) is 11.8 Å². The number of hydrogen-bond acceptors (Lipinski definition) is 1. The van der Waals surface area contributed by atoms with Crippen molar-refractivity contribution in [2.24, 2.45) is 11.8 Å². The van der Waals surface area contributed by atoms with Crippen LogP contribution in [0.25, 0.3) is 0 Å². The van der Waals surface area contributed by atoms with Gasteiger partial charge in [-0.25, -0.2) is 0 Å². The van der Waals surface area contributed by atoms with Crippen molar-refractivity contribution in [2.75, 3.05) is 0 Å². The number of hydrogen-bond donors (Lipinski definition) is 1. The van der Waals surface area contributed by atoms with Gasteiger partial charge in [0.15, 0.2) is 8.07 Å². The lowest BCUT2D eigenvalue weighted by Crippen LogP contribution is -2.72. The van der Waals surface area contributed by atoms with Gasteiger partial charge in [0.05, 0.1) is 5.22 Å². The molecule has 0 bridgehead atoms. The standard InChI is InChI=1S/C27H38OSi/c1-22(2)21-27(28,23(3)20-24-14-8-5-9-15-24)29(4,25-16-10-6-11-17-25)26-18-12-7-13-19-26/h6-7,10-13,16-20,22,24,28H,5,8-9,14-15,21H2,1-4H3/b23-20+. The van der Waals surface area contributed by atoms with Gasteiger partial charge in [0.25, 0.3) is 0 Å². The average molecular weight is 407 g/mol. The highest BCUT2D eigenvalue weighted by molar-refractivity contribution is 7.03. The van der Waals surface area contributed by atoms with Crippen molar-refractivity contribution in [1.82, 2.24) is 0 Å². The third-order valence-electron chi connectivity index (χ3n) is 7.02. The second kappa shape index (κ2) is 9.45. The summed E-state index contributed by atoms with van der Waals surface area (Å²) in [5.74, 6) is 1.04. The topological polar surface area (TPSA) is 20.2 Å². The van der Waals surface area contributed by atoms with E-state index < -0.39 is 13.3 Å². The van der Waals surface area contributed by atoms with Crippen LogP contribution < -0.4 is 10.4 Å². The van der Waals surface area contributed by atoms with Crippen molar-refractivity contribution < 1.29 is 5.11 Å². The molecule has 1 atom stereocenters. The Hall–Kier alpha value is -1.64. The van der Waals surface area contributed by atoms with E-state index >= 15 is 0 Å². The molecule has 0 radical (unpaired) electrons. The molecule has 1 nitrogen and oxygen atoms in total. The number of rotatable bonds is 7. The van der Waals surface area contributed by atoms with Crippen LogP contribution in [0.2, 0.25) is 6.55 Å². The van der Waals surface area contributed by atoms with E-state index in [4.69, 9.17) is 0 Å². The molecule has 1 unspecified atom stereocenters. The zero-order valence-corrected chi connectivity index (χ0v) is 19.7. The normalized spacial score (nSPS) is 18.6. The first-order chi connectivity index (χ1) is 13.9. The molecule has 29 heavy (non-hydrogen) atoms. The van der Waals surface area contributed by atoms with Gasteiger partial charge in [-0.3, -0.25) is 0 Å². The number of benzene rings is 2. The third kappa shape index (κ3) is 4.59. The molecule has 1 aliphatic rings. The SMILES string of the molecule is C/C(=C\C1CCCCC1)C(O)(CC(C)C)[Si](C)(c1ccccc1)c1ccccc1. The zero-order valence-electron chi connectivity index (χ0n) is 18.7. The van der Waals surface area contributed by atoms with Gasteiger partial charge in [-0.2, -0.15) is 0 Å². The van der Waals surface area contributed by atoms with E-state index in [0.29, 0.717) is 11.8 Å². The van der Waals surface area contributed by atoms with Gasteiger partial charge in [-0.05, 0) is 43.6 Å². The quantitative estimate of drug-likeness (QED) is 0.460. The molecule has 0 heterocycles. The minimum atomic E-state index is -2.48. The maximum Gasteiger partial charge on any atom is 0.154 e. The van der Waals surface area contributed by atoms with Gasteiger partial charge >= 0.3 is 0 Å². The summed E-state index contributed by atoms with van der Waals surface area (Å²) in [7, 11) is -2.48. The van der Waals surface area contributed by atoms with E-state index in [0.717, 1.165) is 6.42 Å². The Balaban J connectivity index is 2.17. The van der Waals surface area contributed by atoms with Crippen LogP contribution in [-0.4, -0.2) is 18.4 Å². The molecule has 0 amide bonds. The maximum absolute atomic E-state index is 12.6. The smallest absolute Gasteiger partial charge is 0.154 e. The molecule has 3 rings (SSSR count). The van der Waals surface area contributed by atoms with Crippen molar-refractivity contribution in [3.8, 4) is 0 Å². The van der Waals surface area contributed by atoms with E-state index in [1.54, 1.807) is 0 Å². The van der Waals surface area contributed by atoms with E-state index in [1.165, 1.54) is 48.1 Å². The largest absolute Gasteiger partial charge is 0.388 e. The summed E-state index contributed by atoms with van der Waals surface area (Å²) < 4.78 is 0. The Labute approximate surface area is 178 Å². The Morgan fingerprint density at radius 2 is 1.45 bits per heavy atom. The summed E-state index contributed by atoms with van der Waals surface area (Å²) in [6.07, 6.45) is 9.79. The highest BCUT2D eigenvalue weighted by Crippen LogP contribution is 2.37. The second-order valence-corrected chi connectivity index (χ2v) is 13.8. The van der Waals surface area contributed by atoms with Crippen LogP contribution in [0.3, 0.4) is 0 Å². The monoisotopic (exact) mass is 406 g/mol. The summed E-state index contributed by atoms with van der Waals surface area (Å²) >= 11 is 0. The Morgan fingerprint density at radius 3 is 1.90 bits per heavy atom. The number of aliphatic hydroxyl groups is 1. The van der Waals surface area contributed by atoms with Crippen LogP contribution in [0.4, 0.5) is 0 Å². The zero-order chi connectivity index (χ0) is 20.9. The average Bonchev–Trinajstić information content (AvgIpc) is 2.74. The molecule has 1 N–H and O–H groups in total. The van der Waals surface area contributed by atoms with Crippen molar-refractivity contribution in [3.05, 3.63) is 72.3 Å².